The molecule has 1 N–H and O–H groups in total. The molecule has 0 aliphatic heterocycles. The number of carbonyl (C=O) groups is 2. The summed E-state index contributed by atoms with van der Waals surface area (Å²) in [6.07, 6.45) is 0. The van der Waals surface area contributed by atoms with E-state index >= 15 is 0 Å². The Bertz CT molecular complexity index is 1190. The van der Waals surface area contributed by atoms with Crippen molar-refractivity contribution >= 4 is 22.8 Å². The first-order valence-corrected chi connectivity index (χ1v) is 9.73. The molecule has 0 aliphatic rings. The molecule has 1 heterocycles. The maximum atomic E-state index is 13.5. The van der Waals surface area contributed by atoms with Crippen LogP contribution in [0.1, 0.15) is 32.0 Å². The second kappa shape index (κ2) is 8.25. The molecule has 30 heavy (non-hydrogen) atoms. The molecule has 0 saturated carbocycles. The van der Waals surface area contributed by atoms with Crippen LogP contribution in [-0.4, -0.2) is 26.5 Å². The largest absolute Gasteiger partial charge is 0.478 e. The lowest BCUT2D eigenvalue weighted by molar-refractivity contribution is 0.0692. The van der Waals surface area contributed by atoms with Crippen LogP contribution in [0.2, 0.25) is 0 Å². The molecule has 0 aliphatic carbocycles. The van der Waals surface area contributed by atoms with E-state index in [1.807, 2.05) is 72.3 Å². The molecule has 150 valence electrons. The summed E-state index contributed by atoms with van der Waals surface area (Å²) in [6.45, 7) is 0.844. The van der Waals surface area contributed by atoms with Gasteiger partial charge < -0.3 is 14.6 Å². The Kier molecular flexibility index (Phi) is 5.35. The Labute approximate surface area is 174 Å². The standard InChI is InChI=1S/C25H22N2O3/c1-26-22-10-6-5-9-21(22)15-23(26)24(28)27(16-18-7-3-2-4-8-18)17-19-11-13-20(14-12-19)25(29)30/h2-15H,16-17H2,1H3,(H,29,30). The number of amides is 1. The highest BCUT2D eigenvalue weighted by Crippen LogP contribution is 2.21. The molecule has 5 heteroatoms. The Morgan fingerprint density at radius 3 is 2.07 bits per heavy atom. The molecule has 3 aromatic carbocycles. The van der Waals surface area contributed by atoms with Crippen molar-refractivity contribution in [2.24, 2.45) is 7.05 Å². The monoisotopic (exact) mass is 398 g/mol. The number of hydrogen-bond donors (Lipinski definition) is 1. The van der Waals surface area contributed by atoms with Crippen LogP contribution in [0.25, 0.3) is 10.9 Å². The van der Waals surface area contributed by atoms with Crippen LogP contribution in [0.15, 0.2) is 84.9 Å². The summed E-state index contributed by atoms with van der Waals surface area (Å²) in [6, 6.07) is 26.3. The van der Waals surface area contributed by atoms with E-state index in [4.69, 9.17) is 5.11 Å². The van der Waals surface area contributed by atoms with E-state index in [9.17, 15) is 9.59 Å². The molecule has 0 saturated heterocycles. The highest BCUT2D eigenvalue weighted by Gasteiger charge is 2.21. The van der Waals surface area contributed by atoms with Gasteiger partial charge in [0, 0.05) is 31.0 Å². The fraction of sp³-hybridized carbons (Fsp3) is 0.120. The van der Waals surface area contributed by atoms with E-state index < -0.39 is 5.97 Å². The van der Waals surface area contributed by atoms with Crippen molar-refractivity contribution in [1.82, 2.24) is 9.47 Å². The molecule has 0 atom stereocenters. The number of nitrogens with zero attached hydrogens (tertiary/aromatic N) is 2. The Morgan fingerprint density at radius 1 is 0.833 bits per heavy atom. The van der Waals surface area contributed by atoms with Crippen molar-refractivity contribution in [3.63, 3.8) is 0 Å². The molecule has 0 radical (unpaired) electrons. The smallest absolute Gasteiger partial charge is 0.335 e. The molecule has 0 fully saturated rings. The van der Waals surface area contributed by atoms with Crippen LogP contribution < -0.4 is 0 Å². The van der Waals surface area contributed by atoms with Gasteiger partial charge in [0.25, 0.3) is 5.91 Å². The van der Waals surface area contributed by atoms with E-state index in [1.54, 1.807) is 29.2 Å². The van der Waals surface area contributed by atoms with E-state index in [2.05, 4.69) is 0 Å². The maximum absolute atomic E-state index is 13.5. The summed E-state index contributed by atoms with van der Waals surface area (Å²) < 4.78 is 1.92. The quantitative estimate of drug-likeness (QED) is 0.511. The minimum absolute atomic E-state index is 0.0696. The van der Waals surface area contributed by atoms with Gasteiger partial charge in [-0.2, -0.15) is 0 Å². The summed E-state index contributed by atoms with van der Waals surface area (Å²) >= 11 is 0. The fourth-order valence-electron chi connectivity index (χ4n) is 3.63. The van der Waals surface area contributed by atoms with E-state index in [0.29, 0.717) is 18.8 Å². The number of carboxylic acids is 1. The normalized spacial score (nSPS) is 10.8. The number of carboxylic acid groups (broad SMARTS) is 1. The van der Waals surface area contributed by atoms with Gasteiger partial charge in [0.15, 0.2) is 0 Å². The molecule has 4 aromatic rings. The molecular formula is C25H22N2O3. The van der Waals surface area contributed by atoms with Crippen LogP contribution in [0.5, 0.6) is 0 Å². The lowest BCUT2D eigenvalue weighted by atomic mass is 10.1. The number of rotatable bonds is 6. The average Bonchev–Trinajstić information content (AvgIpc) is 3.10. The van der Waals surface area contributed by atoms with Gasteiger partial charge in [0.1, 0.15) is 5.69 Å². The molecule has 0 spiro atoms. The molecule has 5 nitrogen and oxygen atoms in total. The maximum Gasteiger partial charge on any atom is 0.335 e. The Morgan fingerprint density at radius 2 is 1.43 bits per heavy atom. The summed E-state index contributed by atoms with van der Waals surface area (Å²) in [4.78, 5) is 26.4. The first-order chi connectivity index (χ1) is 14.5. The number of benzene rings is 3. The minimum atomic E-state index is -0.964. The summed E-state index contributed by atoms with van der Waals surface area (Å²) in [5, 5.41) is 10.1. The SMILES string of the molecule is Cn1c(C(=O)N(Cc2ccccc2)Cc2ccc(C(=O)O)cc2)cc2ccccc21. The number of carbonyl (C=O) groups excluding carboxylic acids is 1. The predicted molar refractivity (Wildman–Crippen MR) is 116 cm³/mol. The van der Waals surface area contributed by atoms with Gasteiger partial charge in [0.2, 0.25) is 0 Å². The van der Waals surface area contributed by atoms with Crippen molar-refractivity contribution in [3.8, 4) is 0 Å². The van der Waals surface area contributed by atoms with Crippen LogP contribution >= 0.6 is 0 Å². The third-order valence-corrected chi connectivity index (χ3v) is 5.25. The Balaban J connectivity index is 1.67. The van der Waals surface area contributed by atoms with Gasteiger partial charge in [-0.25, -0.2) is 4.79 Å². The van der Waals surface area contributed by atoms with Crippen molar-refractivity contribution in [3.05, 3.63) is 107 Å². The molecule has 0 unspecified atom stereocenters. The second-order valence-electron chi connectivity index (χ2n) is 7.30. The molecule has 4 rings (SSSR count). The number of aryl methyl sites for hydroxylation is 1. The summed E-state index contributed by atoms with van der Waals surface area (Å²) in [7, 11) is 1.90. The second-order valence-corrected chi connectivity index (χ2v) is 7.30. The van der Waals surface area contributed by atoms with Gasteiger partial charge in [-0.1, -0.05) is 60.7 Å². The minimum Gasteiger partial charge on any atom is -0.478 e. The number of aromatic nitrogens is 1. The first-order valence-electron chi connectivity index (χ1n) is 9.73. The topological polar surface area (TPSA) is 62.5 Å². The predicted octanol–water partition coefficient (Wildman–Crippen LogP) is 4.72. The summed E-state index contributed by atoms with van der Waals surface area (Å²) in [5.41, 5.74) is 3.77. The lowest BCUT2D eigenvalue weighted by Crippen LogP contribution is -2.31. The van der Waals surface area contributed by atoms with Crippen LogP contribution in [-0.2, 0) is 20.1 Å². The van der Waals surface area contributed by atoms with Gasteiger partial charge in [-0.15, -0.1) is 0 Å². The van der Waals surface area contributed by atoms with E-state index in [0.717, 1.165) is 22.0 Å². The fourth-order valence-corrected chi connectivity index (χ4v) is 3.63. The van der Waals surface area contributed by atoms with Gasteiger partial charge >= 0.3 is 5.97 Å². The van der Waals surface area contributed by atoms with Crippen molar-refractivity contribution in [2.75, 3.05) is 0 Å². The van der Waals surface area contributed by atoms with Crippen molar-refractivity contribution in [2.45, 2.75) is 13.1 Å². The zero-order chi connectivity index (χ0) is 21.1. The zero-order valence-corrected chi connectivity index (χ0v) is 16.7. The Hall–Kier alpha value is -3.86. The lowest BCUT2D eigenvalue weighted by Gasteiger charge is -2.23. The van der Waals surface area contributed by atoms with Crippen LogP contribution in [0, 0.1) is 0 Å². The van der Waals surface area contributed by atoms with Gasteiger partial charge in [-0.3, -0.25) is 4.79 Å². The zero-order valence-electron chi connectivity index (χ0n) is 16.7. The third kappa shape index (κ3) is 3.96. The highest BCUT2D eigenvalue weighted by atomic mass is 16.4. The average molecular weight is 398 g/mol. The number of aromatic carboxylic acids is 1. The molecule has 0 bridgehead atoms. The van der Waals surface area contributed by atoms with E-state index in [1.165, 1.54) is 0 Å². The van der Waals surface area contributed by atoms with Crippen molar-refractivity contribution in [1.29, 1.82) is 0 Å². The molecular weight excluding hydrogens is 376 g/mol. The molecule has 1 aromatic heterocycles. The number of hydrogen-bond acceptors (Lipinski definition) is 2. The third-order valence-electron chi connectivity index (χ3n) is 5.25. The highest BCUT2D eigenvalue weighted by molar-refractivity contribution is 5.98. The molecule has 1 amide bonds. The van der Waals surface area contributed by atoms with Gasteiger partial charge in [0.05, 0.1) is 5.56 Å². The number of para-hydroxylation sites is 1. The van der Waals surface area contributed by atoms with Crippen LogP contribution in [0.4, 0.5) is 0 Å². The number of fused-ring (bicyclic) bond motifs is 1. The van der Waals surface area contributed by atoms with Crippen molar-refractivity contribution < 1.29 is 14.7 Å². The van der Waals surface area contributed by atoms with Gasteiger partial charge in [-0.05, 0) is 35.4 Å². The van der Waals surface area contributed by atoms with Crippen LogP contribution in [0.3, 0.4) is 0 Å². The van der Waals surface area contributed by atoms with E-state index in [-0.39, 0.29) is 11.5 Å². The summed E-state index contributed by atoms with van der Waals surface area (Å²) in [5.74, 6) is -1.03. The first kappa shape index (κ1) is 19.5.